The molecule has 2 atom stereocenters. The van der Waals surface area contributed by atoms with E-state index in [1.165, 1.54) is 6.20 Å². The Balaban J connectivity index is 1.29. The first-order chi connectivity index (χ1) is 26.1. The molecule has 0 saturated heterocycles. The molecule has 4 aromatic carbocycles. The van der Waals surface area contributed by atoms with Gasteiger partial charge >= 0.3 is 6.03 Å². The van der Waals surface area contributed by atoms with Gasteiger partial charge < -0.3 is 14.5 Å². The van der Waals surface area contributed by atoms with E-state index >= 15 is 8.60 Å². The molecule has 2 N–H and O–H groups in total. The summed E-state index contributed by atoms with van der Waals surface area (Å²) in [5, 5.41) is 7.67. The molecule has 0 radical (unpaired) electrons. The van der Waals surface area contributed by atoms with Crippen molar-refractivity contribution < 1.29 is 22.6 Å². The van der Waals surface area contributed by atoms with Crippen molar-refractivity contribution in [3.63, 3.8) is 0 Å². The highest BCUT2D eigenvalue weighted by molar-refractivity contribution is 7.92. The van der Waals surface area contributed by atoms with Crippen LogP contribution in [0, 0.1) is 5.82 Å². The Morgan fingerprint density at radius 1 is 0.891 bits per heavy atom. The molecule has 0 spiro atoms. The summed E-state index contributed by atoms with van der Waals surface area (Å²) < 4.78 is 54.6. The van der Waals surface area contributed by atoms with E-state index in [4.69, 9.17) is 13.5 Å². The van der Waals surface area contributed by atoms with Gasteiger partial charge in [0, 0.05) is 5.69 Å². The van der Waals surface area contributed by atoms with E-state index in [9.17, 15) is 4.79 Å². The highest BCUT2D eigenvalue weighted by Gasteiger charge is 2.46. The molecule has 0 fully saturated rings. The third-order valence-electron chi connectivity index (χ3n) is 11.9. The van der Waals surface area contributed by atoms with Gasteiger partial charge in [-0.2, -0.15) is 9.46 Å². The first-order valence-electron chi connectivity index (χ1n) is 18.9. The highest BCUT2D eigenvalue weighted by atomic mass is 32.2. The van der Waals surface area contributed by atoms with Crippen molar-refractivity contribution in [1.82, 2.24) is 14.5 Å². The van der Waals surface area contributed by atoms with Gasteiger partial charge in [0.25, 0.3) is 0 Å². The smallest absolute Gasteiger partial charge is 0.331 e. The van der Waals surface area contributed by atoms with Gasteiger partial charge in [0.15, 0.2) is 18.2 Å². The summed E-state index contributed by atoms with van der Waals surface area (Å²) in [7, 11) is -6.10. The predicted octanol–water partition coefficient (Wildman–Crippen LogP) is 8.95. The number of nitrogens with one attached hydrogen (secondary N) is 2. The summed E-state index contributed by atoms with van der Waals surface area (Å²) in [4.78, 5) is 14.5. The van der Waals surface area contributed by atoms with Crippen molar-refractivity contribution in [3.8, 4) is 5.88 Å². The van der Waals surface area contributed by atoms with Crippen LogP contribution >= 0.6 is 0 Å². The molecular weight excluding hydrogens is 730 g/mol. The van der Waals surface area contributed by atoms with Crippen LogP contribution in [0.15, 0.2) is 106 Å². The molecule has 12 heteroatoms. The van der Waals surface area contributed by atoms with Gasteiger partial charge in [0.05, 0.1) is 19.3 Å². The zero-order valence-electron chi connectivity index (χ0n) is 32.2. The molecule has 3 aliphatic rings. The molecule has 5 aromatic rings. The Morgan fingerprint density at radius 2 is 1.38 bits per heavy atom. The molecule has 286 valence electrons. The van der Waals surface area contributed by atoms with Crippen LogP contribution in [0.4, 0.5) is 14.9 Å². The maximum Gasteiger partial charge on any atom is 0.331 e. The fraction of sp³-hybridized carbons (Fsp3) is 0.349. The molecule has 1 unspecified atom stereocenters. The lowest BCUT2D eigenvalue weighted by Crippen LogP contribution is -2.47. The normalized spacial score (nSPS) is 18.4. The fourth-order valence-electron chi connectivity index (χ4n) is 7.55. The Kier molecular flexibility index (Phi) is 9.09. The maximum atomic E-state index is 16.2. The molecule has 2 heterocycles. The second-order valence-corrected chi connectivity index (χ2v) is 23.3. The SMILES string of the molecule is CC(C)(C)[Si](C)(C)OC[C@]1(C)Cn2ncc(S(=O)(=NC(c3ccccc3)(c3ccccc3)c3ccccc3)NC(=O)Nc3c4c(c(F)c5c3CC5)CC4)c2O1. The third kappa shape index (κ3) is 6.37. The zero-order valence-corrected chi connectivity index (χ0v) is 34.1. The van der Waals surface area contributed by atoms with E-state index in [1.54, 1.807) is 4.68 Å². The molecule has 2 aliphatic carbocycles. The summed E-state index contributed by atoms with van der Waals surface area (Å²) in [6.07, 6.45) is 4.06. The molecule has 0 bridgehead atoms. The average molecular weight is 778 g/mol. The monoisotopic (exact) mass is 777 g/mol. The van der Waals surface area contributed by atoms with E-state index < -0.39 is 35.4 Å². The molecule has 2 amide bonds. The second-order valence-electron chi connectivity index (χ2n) is 16.7. The quantitative estimate of drug-likeness (QED) is 0.109. The lowest BCUT2D eigenvalue weighted by molar-refractivity contribution is 0.0449. The summed E-state index contributed by atoms with van der Waals surface area (Å²) in [5.74, 6) is 0.104. The minimum absolute atomic E-state index is 0.00639. The lowest BCUT2D eigenvalue weighted by atomic mass is 9.76. The van der Waals surface area contributed by atoms with Gasteiger partial charge in [-0.3, -0.25) is 0 Å². The molecule has 9 nitrogen and oxygen atoms in total. The van der Waals surface area contributed by atoms with Gasteiger partial charge in [-0.1, -0.05) is 112 Å². The van der Waals surface area contributed by atoms with Crippen LogP contribution < -0.4 is 14.8 Å². The fourth-order valence-corrected chi connectivity index (χ4v) is 10.5. The van der Waals surface area contributed by atoms with Crippen LogP contribution in [-0.2, 0) is 52.1 Å². The number of amides is 2. The van der Waals surface area contributed by atoms with Gasteiger partial charge in [-0.15, -0.1) is 0 Å². The molecule has 1 aliphatic heterocycles. The summed E-state index contributed by atoms with van der Waals surface area (Å²) >= 11 is 0. The highest BCUT2D eigenvalue weighted by Crippen LogP contribution is 2.46. The number of aromatic nitrogens is 2. The third-order valence-corrected chi connectivity index (χ3v) is 18.2. The zero-order chi connectivity index (χ0) is 38.8. The van der Waals surface area contributed by atoms with E-state index in [0.717, 1.165) is 27.8 Å². The maximum absolute atomic E-state index is 16.2. The standard InChI is InChI=1S/C43H48FN5O4SSi/c1-41(2,3)55(5,6)52-28-42(4)27-49-39(53-42)36(26-45-49)54(51,47-40(50)46-38-34-24-22-32(34)37(44)33-23-25-35(33)38)48-43(29-16-10-7-11-17-29,30-18-12-8-13-19-30)31-20-14-9-15-21-31/h7-21,26H,22-25,27-28H2,1-6H3,(H2,46,47,48,50,51)/t42-,54?/m0/s1. The van der Waals surface area contributed by atoms with Gasteiger partial charge in [0.1, 0.15) is 21.9 Å². The first kappa shape index (κ1) is 37.2. The summed E-state index contributed by atoms with van der Waals surface area (Å²) in [5.41, 5.74) is 3.58. The number of urea groups is 1. The molecular formula is C43H48FN5O4SSi. The Hall–Kier alpha value is -4.78. The number of fused-ring (bicyclic) bond motifs is 3. The van der Waals surface area contributed by atoms with E-state index in [0.29, 0.717) is 55.6 Å². The van der Waals surface area contributed by atoms with Crippen LogP contribution in [0.1, 0.15) is 66.6 Å². The Morgan fingerprint density at radius 3 is 1.84 bits per heavy atom. The van der Waals surface area contributed by atoms with Crippen LogP contribution in [0.5, 0.6) is 5.88 Å². The number of halogens is 1. The first-order valence-corrected chi connectivity index (χ1v) is 23.3. The van der Waals surface area contributed by atoms with E-state index in [-0.39, 0.29) is 21.6 Å². The molecule has 1 aromatic heterocycles. The van der Waals surface area contributed by atoms with Gasteiger partial charge in [0.2, 0.25) is 5.88 Å². The van der Waals surface area contributed by atoms with Crippen LogP contribution in [0.3, 0.4) is 0 Å². The minimum Gasteiger partial charge on any atom is -0.466 e. The summed E-state index contributed by atoms with van der Waals surface area (Å²) in [6, 6.07) is 28.3. The van der Waals surface area contributed by atoms with Crippen molar-refractivity contribution in [1.29, 1.82) is 0 Å². The van der Waals surface area contributed by atoms with Gasteiger partial charge in [-0.25, -0.2) is 22.8 Å². The van der Waals surface area contributed by atoms with Crippen molar-refractivity contribution in [3.05, 3.63) is 142 Å². The average Bonchev–Trinajstić information content (AvgIpc) is 3.66. The number of hydrogen-bond donors (Lipinski definition) is 2. The number of carbonyl (C=O) groups is 1. The molecule has 55 heavy (non-hydrogen) atoms. The predicted molar refractivity (Wildman–Crippen MR) is 216 cm³/mol. The van der Waals surface area contributed by atoms with Crippen molar-refractivity contribution in [2.45, 2.75) is 94.1 Å². The van der Waals surface area contributed by atoms with E-state index in [1.807, 2.05) is 97.9 Å². The van der Waals surface area contributed by atoms with Crippen LogP contribution in [0.25, 0.3) is 0 Å². The van der Waals surface area contributed by atoms with Crippen LogP contribution in [-0.4, -0.2) is 40.5 Å². The van der Waals surface area contributed by atoms with Crippen molar-refractivity contribution in [2.75, 3.05) is 11.9 Å². The number of carbonyl (C=O) groups excluding carboxylic acids is 1. The van der Waals surface area contributed by atoms with Crippen molar-refractivity contribution >= 4 is 30.0 Å². The van der Waals surface area contributed by atoms with Crippen LogP contribution in [0.2, 0.25) is 18.1 Å². The number of benzene rings is 4. The molecule has 0 saturated carbocycles. The Bertz CT molecular complexity index is 2280. The van der Waals surface area contributed by atoms with Gasteiger partial charge in [-0.05, 0) is 89.7 Å². The number of anilines is 1. The number of hydrogen-bond acceptors (Lipinski definition) is 6. The molecule has 8 rings (SSSR count). The topological polar surface area (TPSA) is 107 Å². The number of nitrogens with zero attached hydrogens (tertiary/aromatic N) is 3. The number of rotatable bonds is 10. The summed E-state index contributed by atoms with van der Waals surface area (Å²) in [6.45, 7) is 13.6. The Labute approximate surface area is 324 Å². The largest absolute Gasteiger partial charge is 0.466 e. The lowest BCUT2D eigenvalue weighted by Gasteiger charge is -2.38. The van der Waals surface area contributed by atoms with Crippen molar-refractivity contribution in [2.24, 2.45) is 4.36 Å². The minimum atomic E-state index is -3.96. The van der Waals surface area contributed by atoms with E-state index in [2.05, 4.69) is 49.0 Å². The second kappa shape index (κ2) is 13.5. The number of ether oxygens (including phenoxy) is 1.